The Bertz CT molecular complexity index is 400. The normalized spacial score (nSPS) is 13.7. The molecule has 0 amide bonds. The second-order valence-electron chi connectivity index (χ2n) is 8.19. The molecule has 0 aromatic heterocycles. The predicted molar refractivity (Wildman–Crippen MR) is 113 cm³/mol. The van der Waals surface area contributed by atoms with Crippen molar-refractivity contribution in [2.24, 2.45) is 0 Å². The largest absolute Gasteiger partial charge is 0.323 e. The average Bonchev–Trinajstić information content (AvgIpc) is 2.63. The Hall–Kier alpha value is -0.820. The summed E-state index contributed by atoms with van der Waals surface area (Å²) in [6.45, 7) is 8.36. The Morgan fingerprint density at radius 2 is 1.12 bits per heavy atom. The van der Waals surface area contributed by atoms with Gasteiger partial charge in [0.1, 0.15) is 6.54 Å². The van der Waals surface area contributed by atoms with Crippen molar-refractivity contribution in [1.82, 2.24) is 0 Å². The van der Waals surface area contributed by atoms with Gasteiger partial charge in [0, 0.05) is 5.56 Å². The molecule has 144 valence electrons. The average molecular weight is 347 g/mol. The van der Waals surface area contributed by atoms with Gasteiger partial charge in [-0.1, -0.05) is 101 Å². The number of hydrogen-bond acceptors (Lipinski definition) is 0. The maximum atomic E-state index is 2.42. The third kappa shape index (κ3) is 11.4. The van der Waals surface area contributed by atoms with Crippen LogP contribution >= 0.6 is 0 Å². The summed E-state index contributed by atoms with van der Waals surface area (Å²) in [6.07, 6.45) is 17.2. The lowest BCUT2D eigenvalue weighted by Gasteiger charge is -2.33. The summed E-state index contributed by atoms with van der Waals surface area (Å²) >= 11 is 0. The van der Waals surface area contributed by atoms with Crippen molar-refractivity contribution in [3.05, 3.63) is 35.9 Å². The minimum atomic E-state index is 1.18. The Morgan fingerprint density at radius 1 is 0.640 bits per heavy atom. The molecule has 0 saturated carbocycles. The second-order valence-corrected chi connectivity index (χ2v) is 8.19. The zero-order valence-electron chi connectivity index (χ0n) is 17.4. The van der Waals surface area contributed by atoms with Gasteiger partial charge in [-0.15, -0.1) is 0 Å². The number of benzene rings is 1. The van der Waals surface area contributed by atoms with Crippen LogP contribution in [0.15, 0.2) is 30.3 Å². The number of quaternary nitrogens is 1. The van der Waals surface area contributed by atoms with Gasteiger partial charge in [0.25, 0.3) is 0 Å². The van der Waals surface area contributed by atoms with E-state index in [2.05, 4.69) is 51.2 Å². The molecular formula is C24H44N+. The monoisotopic (exact) mass is 346 g/mol. The lowest BCUT2D eigenvalue weighted by atomic mass is 10.0. The highest BCUT2D eigenvalue weighted by atomic mass is 15.3. The van der Waals surface area contributed by atoms with Crippen LogP contribution in [0.4, 0.5) is 0 Å². The Labute approximate surface area is 158 Å². The third-order valence-corrected chi connectivity index (χ3v) is 5.72. The maximum Gasteiger partial charge on any atom is 0.104 e. The van der Waals surface area contributed by atoms with E-state index in [1.54, 1.807) is 0 Å². The molecular weight excluding hydrogens is 302 g/mol. The molecule has 0 bridgehead atoms. The van der Waals surface area contributed by atoms with E-state index in [0.717, 1.165) is 0 Å². The van der Waals surface area contributed by atoms with Crippen LogP contribution in [0.25, 0.3) is 0 Å². The molecule has 1 unspecified atom stereocenters. The number of rotatable bonds is 16. The van der Waals surface area contributed by atoms with Gasteiger partial charge in [-0.2, -0.15) is 0 Å². The van der Waals surface area contributed by atoms with E-state index >= 15 is 0 Å². The van der Waals surface area contributed by atoms with Crippen LogP contribution in [0.5, 0.6) is 0 Å². The van der Waals surface area contributed by atoms with E-state index < -0.39 is 0 Å². The zero-order chi connectivity index (χ0) is 18.2. The number of hydrogen-bond donors (Lipinski definition) is 0. The molecule has 0 N–H and O–H groups in total. The van der Waals surface area contributed by atoms with E-state index in [4.69, 9.17) is 0 Å². The van der Waals surface area contributed by atoms with Crippen molar-refractivity contribution < 1.29 is 4.48 Å². The first-order valence-corrected chi connectivity index (χ1v) is 11.1. The van der Waals surface area contributed by atoms with Crippen molar-refractivity contribution in [1.29, 1.82) is 0 Å². The fraction of sp³-hybridized carbons (Fsp3) is 0.750. The quantitative estimate of drug-likeness (QED) is 0.217. The van der Waals surface area contributed by atoms with Crippen molar-refractivity contribution in [2.75, 3.05) is 20.1 Å². The van der Waals surface area contributed by atoms with Crippen LogP contribution in [-0.2, 0) is 6.54 Å². The second kappa shape index (κ2) is 14.4. The molecule has 0 aliphatic carbocycles. The van der Waals surface area contributed by atoms with Gasteiger partial charge in [-0.05, 0) is 19.8 Å². The van der Waals surface area contributed by atoms with Crippen LogP contribution in [0.2, 0.25) is 0 Å². The van der Waals surface area contributed by atoms with E-state index in [1.165, 1.54) is 107 Å². The van der Waals surface area contributed by atoms with Gasteiger partial charge in [0.15, 0.2) is 0 Å². The lowest BCUT2D eigenvalue weighted by Crippen LogP contribution is -2.43. The smallest absolute Gasteiger partial charge is 0.104 e. The highest BCUT2D eigenvalue weighted by molar-refractivity contribution is 5.13. The summed E-state index contributed by atoms with van der Waals surface area (Å²) in [5.74, 6) is 0. The van der Waals surface area contributed by atoms with E-state index in [1.807, 2.05) is 0 Å². The molecule has 0 heterocycles. The van der Waals surface area contributed by atoms with Crippen molar-refractivity contribution in [3.63, 3.8) is 0 Å². The summed E-state index contributed by atoms with van der Waals surface area (Å²) < 4.78 is 1.18. The van der Waals surface area contributed by atoms with Gasteiger partial charge in [0.05, 0.1) is 20.1 Å². The first-order valence-electron chi connectivity index (χ1n) is 11.1. The molecule has 0 radical (unpaired) electrons. The van der Waals surface area contributed by atoms with Crippen LogP contribution in [0.1, 0.15) is 96.5 Å². The minimum Gasteiger partial charge on any atom is -0.323 e. The molecule has 0 fully saturated rings. The molecule has 1 rings (SSSR count). The van der Waals surface area contributed by atoms with Gasteiger partial charge in [-0.3, -0.25) is 0 Å². The summed E-state index contributed by atoms with van der Waals surface area (Å²) in [7, 11) is 2.42. The summed E-state index contributed by atoms with van der Waals surface area (Å²) in [5, 5.41) is 0. The number of unbranched alkanes of at least 4 members (excludes halogenated alkanes) is 11. The van der Waals surface area contributed by atoms with E-state index in [0.29, 0.717) is 0 Å². The van der Waals surface area contributed by atoms with Gasteiger partial charge < -0.3 is 4.48 Å². The lowest BCUT2D eigenvalue weighted by molar-refractivity contribution is -0.921. The molecule has 1 aromatic carbocycles. The predicted octanol–water partition coefficient (Wildman–Crippen LogP) is 7.35. The van der Waals surface area contributed by atoms with Crippen LogP contribution in [0, 0.1) is 0 Å². The van der Waals surface area contributed by atoms with E-state index in [-0.39, 0.29) is 0 Å². The fourth-order valence-electron chi connectivity index (χ4n) is 3.71. The molecule has 0 spiro atoms. The number of nitrogens with zero attached hydrogens (tertiary/aromatic N) is 1. The Morgan fingerprint density at radius 3 is 1.60 bits per heavy atom. The SMILES string of the molecule is CCCCCCCCCCCCCC[N+](C)(CC)Cc1ccccc1. The standard InChI is InChI=1S/C24H44N/c1-4-6-7-8-9-10-11-12-13-14-15-19-22-25(3,5-2)23-24-20-17-16-18-21-24/h16-18,20-21H,4-15,19,22-23H2,1-3H3/q+1. The molecule has 1 heteroatoms. The van der Waals surface area contributed by atoms with Crippen LogP contribution in [0.3, 0.4) is 0 Å². The first kappa shape index (κ1) is 22.2. The van der Waals surface area contributed by atoms with Gasteiger partial charge in [0.2, 0.25) is 0 Å². The molecule has 1 aromatic rings. The molecule has 0 saturated heterocycles. The Kier molecular flexibility index (Phi) is 12.8. The highest BCUT2D eigenvalue weighted by Crippen LogP contribution is 2.16. The fourth-order valence-corrected chi connectivity index (χ4v) is 3.71. The molecule has 1 atom stereocenters. The third-order valence-electron chi connectivity index (χ3n) is 5.72. The minimum absolute atomic E-state index is 1.18. The summed E-state index contributed by atoms with van der Waals surface area (Å²) in [6, 6.07) is 11.0. The Balaban J connectivity index is 2.00. The van der Waals surface area contributed by atoms with Crippen LogP contribution in [-0.4, -0.2) is 24.6 Å². The summed E-state index contributed by atoms with van der Waals surface area (Å²) in [4.78, 5) is 0. The maximum absolute atomic E-state index is 2.42. The first-order chi connectivity index (χ1) is 12.2. The van der Waals surface area contributed by atoms with Gasteiger partial charge >= 0.3 is 0 Å². The van der Waals surface area contributed by atoms with E-state index in [9.17, 15) is 0 Å². The highest BCUT2D eigenvalue weighted by Gasteiger charge is 2.18. The van der Waals surface area contributed by atoms with Crippen molar-refractivity contribution >= 4 is 0 Å². The van der Waals surface area contributed by atoms with Crippen LogP contribution < -0.4 is 0 Å². The molecule has 25 heavy (non-hydrogen) atoms. The zero-order valence-corrected chi connectivity index (χ0v) is 17.4. The van der Waals surface area contributed by atoms with Gasteiger partial charge in [-0.25, -0.2) is 0 Å². The van der Waals surface area contributed by atoms with Crippen molar-refractivity contribution in [3.8, 4) is 0 Å². The summed E-state index contributed by atoms with van der Waals surface area (Å²) in [5.41, 5.74) is 1.48. The molecule has 1 nitrogen and oxygen atoms in total. The topological polar surface area (TPSA) is 0 Å². The molecule has 0 aliphatic rings. The molecule has 0 aliphatic heterocycles. The van der Waals surface area contributed by atoms with Crippen molar-refractivity contribution in [2.45, 2.75) is 97.4 Å².